The Morgan fingerprint density at radius 1 is 1.10 bits per heavy atom. The van der Waals surface area contributed by atoms with Crippen molar-refractivity contribution in [2.24, 2.45) is 0 Å². The molecule has 0 atom stereocenters. The molecule has 2 aromatic rings. The molecule has 0 spiro atoms. The quantitative estimate of drug-likeness (QED) is 0.529. The van der Waals surface area contributed by atoms with Crippen molar-refractivity contribution in [1.29, 1.82) is 0 Å². The van der Waals surface area contributed by atoms with E-state index in [1.165, 1.54) is 9.47 Å². The summed E-state index contributed by atoms with van der Waals surface area (Å²) in [5.41, 5.74) is 5.68. The second kappa shape index (κ2) is 11.2. The first-order chi connectivity index (χ1) is 14.3. The fourth-order valence-electron chi connectivity index (χ4n) is 3.18. The third-order valence-electron chi connectivity index (χ3n) is 4.84. The number of nitrogens with one attached hydrogen (secondary N) is 1. The Labute approximate surface area is 185 Å². The van der Waals surface area contributed by atoms with E-state index in [0.717, 1.165) is 25.7 Å². The van der Waals surface area contributed by atoms with E-state index in [0.29, 0.717) is 35.1 Å². The highest BCUT2D eigenvalue weighted by atomic mass is 35.5. The van der Waals surface area contributed by atoms with E-state index in [-0.39, 0.29) is 23.8 Å². The van der Waals surface area contributed by atoms with Crippen LogP contribution in [0.5, 0.6) is 0 Å². The van der Waals surface area contributed by atoms with Crippen molar-refractivity contribution in [3.63, 3.8) is 0 Å². The largest absolute Gasteiger partial charge is 0.383 e. The molecule has 0 unspecified atom stereocenters. The summed E-state index contributed by atoms with van der Waals surface area (Å²) in [5.74, 6) is -0.293. The lowest BCUT2D eigenvalue weighted by Crippen LogP contribution is -2.42. The molecule has 3 N–H and O–H groups in total. The predicted molar refractivity (Wildman–Crippen MR) is 123 cm³/mol. The normalized spacial score (nSPS) is 10.9. The molecule has 30 heavy (non-hydrogen) atoms. The lowest BCUT2D eigenvalue weighted by atomic mass is 10.1. The van der Waals surface area contributed by atoms with Crippen molar-refractivity contribution in [2.45, 2.75) is 58.9 Å². The third-order valence-corrected chi connectivity index (χ3v) is 5.58. The molecule has 1 aromatic carbocycles. The monoisotopic (exact) mass is 454 g/mol. The predicted octanol–water partition coefficient (Wildman–Crippen LogP) is 3.99. The zero-order chi connectivity index (χ0) is 22.3. The van der Waals surface area contributed by atoms with Crippen LogP contribution in [0.15, 0.2) is 27.8 Å². The molecule has 1 heterocycles. The molecule has 7 nitrogen and oxygen atoms in total. The Kier molecular flexibility index (Phi) is 8.99. The van der Waals surface area contributed by atoms with Crippen molar-refractivity contribution < 1.29 is 4.79 Å². The van der Waals surface area contributed by atoms with Gasteiger partial charge < -0.3 is 10.6 Å². The zero-order valence-electron chi connectivity index (χ0n) is 17.3. The van der Waals surface area contributed by atoms with Crippen molar-refractivity contribution in [3.8, 4) is 0 Å². The zero-order valence-corrected chi connectivity index (χ0v) is 18.9. The average Bonchev–Trinajstić information content (AvgIpc) is 2.69. The third kappa shape index (κ3) is 5.89. The first-order valence-corrected chi connectivity index (χ1v) is 10.9. The highest BCUT2D eigenvalue weighted by molar-refractivity contribution is 6.42. The van der Waals surface area contributed by atoms with E-state index < -0.39 is 11.2 Å². The number of aromatic amines is 1. The minimum atomic E-state index is -0.663. The number of aromatic nitrogens is 2. The van der Waals surface area contributed by atoms with Crippen LogP contribution < -0.4 is 21.9 Å². The molecule has 0 fully saturated rings. The summed E-state index contributed by atoms with van der Waals surface area (Å²) < 4.78 is 1.32. The molecule has 0 aliphatic carbocycles. The van der Waals surface area contributed by atoms with Crippen LogP contribution in [0.1, 0.15) is 51.5 Å². The summed E-state index contributed by atoms with van der Waals surface area (Å²) in [4.78, 5) is 41.7. The number of hydrogen-bond donors (Lipinski definition) is 2. The van der Waals surface area contributed by atoms with Gasteiger partial charge in [-0.25, -0.2) is 4.79 Å². The molecule has 0 saturated carbocycles. The number of unbranched alkanes of at least 4 members (excludes halogenated alkanes) is 3. The Morgan fingerprint density at radius 2 is 1.80 bits per heavy atom. The van der Waals surface area contributed by atoms with Gasteiger partial charge in [0.25, 0.3) is 5.56 Å². The van der Waals surface area contributed by atoms with Gasteiger partial charge in [-0.05, 0) is 30.5 Å². The van der Waals surface area contributed by atoms with Crippen LogP contribution >= 0.6 is 23.2 Å². The second-order valence-corrected chi connectivity index (χ2v) is 7.99. The number of amides is 1. The molecule has 1 amide bonds. The number of nitrogen functional groups attached to an aromatic ring is 1. The van der Waals surface area contributed by atoms with Crippen LogP contribution in [0, 0.1) is 0 Å². The molecule has 0 saturated heterocycles. The van der Waals surface area contributed by atoms with Gasteiger partial charge in [0.2, 0.25) is 5.91 Å². The molecular formula is C21H28Cl2N4O3. The fraction of sp³-hybridized carbons (Fsp3) is 0.476. The fourth-order valence-corrected chi connectivity index (χ4v) is 3.50. The number of nitrogens with two attached hydrogens (primary N) is 1. The van der Waals surface area contributed by atoms with Crippen molar-refractivity contribution in [1.82, 2.24) is 9.55 Å². The van der Waals surface area contributed by atoms with Crippen LogP contribution in [0.3, 0.4) is 0 Å². The van der Waals surface area contributed by atoms with Crippen LogP contribution in [-0.4, -0.2) is 22.0 Å². The number of benzene rings is 1. The van der Waals surface area contributed by atoms with E-state index in [2.05, 4.69) is 4.98 Å². The van der Waals surface area contributed by atoms with Crippen molar-refractivity contribution in [3.05, 3.63) is 54.6 Å². The number of anilines is 2. The molecule has 164 valence electrons. The van der Waals surface area contributed by atoms with Gasteiger partial charge in [0.15, 0.2) is 5.69 Å². The summed E-state index contributed by atoms with van der Waals surface area (Å²) in [7, 11) is 0. The second-order valence-electron chi connectivity index (χ2n) is 7.18. The van der Waals surface area contributed by atoms with Gasteiger partial charge in [0.1, 0.15) is 5.82 Å². The van der Waals surface area contributed by atoms with Crippen molar-refractivity contribution in [2.75, 3.05) is 17.2 Å². The first kappa shape index (κ1) is 24.0. The molecule has 2 rings (SSSR count). The number of carbonyl (C=O) groups is 1. The summed E-state index contributed by atoms with van der Waals surface area (Å²) in [5, 5.41) is 0.751. The molecule has 0 aliphatic heterocycles. The average molecular weight is 455 g/mol. The van der Waals surface area contributed by atoms with Gasteiger partial charge in [-0.15, -0.1) is 0 Å². The van der Waals surface area contributed by atoms with E-state index in [4.69, 9.17) is 28.9 Å². The van der Waals surface area contributed by atoms with Gasteiger partial charge >= 0.3 is 5.69 Å². The Hall–Kier alpha value is -2.25. The van der Waals surface area contributed by atoms with Gasteiger partial charge in [-0.2, -0.15) is 0 Å². The number of H-pyrrole nitrogens is 1. The summed E-state index contributed by atoms with van der Waals surface area (Å²) in [6.45, 7) is 4.74. The Morgan fingerprint density at radius 3 is 2.43 bits per heavy atom. The van der Waals surface area contributed by atoms with Gasteiger partial charge in [0.05, 0.1) is 16.5 Å². The number of rotatable bonds is 10. The number of hydrogen-bond acceptors (Lipinski definition) is 4. The molecular weight excluding hydrogens is 427 g/mol. The molecule has 1 aromatic heterocycles. The molecule has 9 heteroatoms. The van der Waals surface area contributed by atoms with E-state index in [1.54, 1.807) is 18.2 Å². The lowest BCUT2D eigenvalue weighted by Gasteiger charge is -2.25. The van der Waals surface area contributed by atoms with Crippen LogP contribution in [-0.2, 0) is 17.8 Å². The highest BCUT2D eigenvalue weighted by Crippen LogP contribution is 2.24. The summed E-state index contributed by atoms with van der Waals surface area (Å²) in [6, 6.07) is 4.97. The smallest absolute Gasteiger partial charge is 0.330 e. The molecule has 0 aliphatic rings. The van der Waals surface area contributed by atoms with Gasteiger partial charge in [-0.1, -0.05) is 62.4 Å². The van der Waals surface area contributed by atoms with E-state index in [9.17, 15) is 14.4 Å². The molecule has 0 radical (unpaired) electrons. The Bertz CT molecular complexity index is 1000. The summed E-state index contributed by atoms with van der Waals surface area (Å²) >= 11 is 12.0. The minimum absolute atomic E-state index is 0.0104. The minimum Gasteiger partial charge on any atom is -0.383 e. The SMILES string of the molecule is CCCCCN(C(=O)Cc1ccc(Cl)c(Cl)c1)c1c(N)n(CCCC)c(=O)[nH]c1=O. The van der Waals surface area contributed by atoms with Crippen LogP contribution in [0.25, 0.3) is 0 Å². The van der Waals surface area contributed by atoms with Gasteiger partial charge in [0, 0.05) is 13.1 Å². The maximum absolute atomic E-state index is 13.2. The van der Waals surface area contributed by atoms with E-state index in [1.807, 2.05) is 13.8 Å². The number of nitrogens with zero attached hydrogens (tertiary/aromatic N) is 2. The van der Waals surface area contributed by atoms with Gasteiger partial charge in [-0.3, -0.25) is 19.1 Å². The maximum Gasteiger partial charge on any atom is 0.330 e. The maximum atomic E-state index is 13.2. The van der Waals surface area contributed by atoms with Crippen molar-refractivity contribution >= 4 is 40.6 Å². The van der Waals surface area contributed by atoms with Crippen LogP contribution in [0.4, 0.5) is 11.5 Å². The number of carbonyl (C=O) groups excluding carboxylic acids is 1. The Balaban J connectivity index is 2.45. The summed E-state index contributed by atoms with van der Waals surface area (Å²) in [6.07, 6.45) is 4.16. The highest BCUT2D eigenvalue weighted by Gasteiger charge is 2.24. The number of halogens is 2. The topological polar surface area (TPSA) is 101 Å². The van der Waals surface area contributed by atoms with E-state index >= 15 is 0 Å². The standard InChI is InChI=1S/C21H28Cl2N4O3/c1-3-5-7-11-26(17(28)13-14-8-9-15(22)16(23)12-14)18-19(24)27(10-6-4-2)21(30)25-20(18)29/h8-9,12H,3-7,10-11,13,24H2,1-2H3,(H,25,29,30). The molecule has 0 bridgehead atoms. The first-order valence-electron chi connectivity index (χ1n) is 10.2. The lowest BCUT2D eigenvalue weighted by molar-refractivity contribution is -0.118. The van der Waals surface area contributed by atoms with Crippen LogP contribution in [0.2, 0.25) is 10.0 Å².